The van der Waals surface area contributed by atoms with Crippen LogP contribution in [0.2, 0.25) is 0 Å². The van der Waals surface area contributed by atoms with Gasteiger partial charge >= 0.3 is 0 Å². The fourth-order valence-corrected chi connectivity index (χ4v) is 2.11. The standard InChI is InChI=1S/C16H27N/c1-4-5-9-15(3)17-13-12-14(2)16-10-7-6-8-11-16/h6-8,10-11,14-15,17H,4-5,9,12-13H2,1-3H3. The van der Waals surface area contributed by atoms with Gasteiger partial charge in [0.1, 0.15) is 0 Å². The minimum Gasteiger partial charge on any atom is -0.314 e. The third kappa shape index (κ3) is 5.88. The molecule has 1 rings (SSSR count). The smallest absolute Gasteiger partial charge is 0.00387 e. The van der Waals surface area contributed by atoms with Crippen LogP contribution in [0, 0.1) is 0 Å². The van der Waals surface area contributed by atoms with Gasteiger partial charge in [-0.25, -0.2) is 0 Å². The molecule has 1 nitrogen and oxygen atoms in total. The van der Waals surface area contributed by atoms with E-state index >= 15 is 0 Å². The predicted molar refractivity (Wildman–Crippen MR) is 76.5 cm³/mol. The zero-order valence-electron chi connectivity index (χ0n) is 11.6. The zero-order valence-corrected chi connectivity index (χ0v) is 11.6. The average Bonchev–Trinajstić information content (AvgIpc) is 2.37. The molecule has 0 saturated carbocycles. The maximum Gasteiger partial charge on any atom is 0.00387 e. The molecule has 0 saturated heterocycles. The number of unbranched alkanes of at least 4 members (excludes halogenated alkanes) is 1. The van der Waals surface area contributed by atoms with Gasteiger partial charge < -0.3 is 5.32 Å². The van der Waals surface area contributed by atoms with E-state index in [0.717, 1.165) is 6.54 Å². The topological polar surface area (TPSA) is 12.0 Å². The van der Waals surface area contributed by atoms with Crippen molar-refractivity contribution in [1.29, 1.82) is 0 Å². The van der Waals surface area contributed by atoms with Gasteiger partial charge in [-0.3, -0.25) is 0 Å². The molecule has 1 aromatic carbocycles. The van der Waals surface area contributed by atoms with Crippen molar-refractivity contribution in [2.75, 3.05) is 6.54 Å². The molecular formula is C16H27N. The van der Waals surface area contributed by atoms with Crippen LogP contribution >= 0.6 is 0 Å². The minimum absolute atomic E-state index is 0.655. The number of nitrogens with one attached hydrogen (secondary N) is 1. The summed E-state index contributed by atoms with van der Waals surface area (Å²) in [4.78, 5) is 0. The molecule has 2 unspecified atom stereocenters. The molecule has 0 spiro atoms. The molecule has 2 atom stereocenters. The van der Waals surface area contributed by atoms with Gasteiger partial charge in [0.25, 0.3) is 0 Å². The number of rotatable bonds is 8. The molecule has 0 heterocycles. The lowest BCUT2D eigenvalue weighted by molar-refractivity contribution is 0.477. The molecule has 0 aliphatic heterocycles. The fraction of sp³-hybridized carbons (Fsp3) is 0.625. The Morgan fingerprint density at radius 3 is 2.41 bits per heavy atom. The van der Waals surface area contributed by atoms with E-state index in [2.05, 4.69) is 56.4 Å². The summed E-state index contributed by atoms with van der Waals surface area (Å²) in [6.07, 6.45) is 5.16. The van der Waals surface area contributed by atoms with Gasteiger partial charge in [-0.1, -0.05) is 57.0 Å². The molecule has 0 aliphatic carbocycles. The normalized spacial score (nSPS) is 14.5. The van der Waals surface area contributed by atoms with Gasteiger partial charge in [0.2, 0.25) is 0 Å². The minimum atomic E-state index is 0.655. The zero-order chi connectivity index (χ0) is 12.5. The first kappa shape index (κ1) is 14.2. The Bertz CT molecular complexity index is 281. The first-order valence-corrected chi connectivity index (χ1v) is 7.02. The second-order valence-electron chi connectivity index (χ2n) is 5.10. The van der Waals surface area contributed by atoms with E-state index in [1.54, 1.807) is 0 Å². The molecular weight excluding hydrogens is 206 g/mol. The first-order chi connectivity index (χ1) is 8.24. The summed E-state index contributed by atoms with van der Waals surface area (Å²) in [5, 5.41) is 3.62. The van der Waals surface area contributed by atoms with Crippen molar-refractivity contribution in [2.24, 2.45) is 0 Å². The Labute approximate surface area is 107 Å². The van der Waals surface area contributed by atoms with Crippen LogP contribution in [0.15, 0.2) is 30.3 Å². The summed E-state index contributed by atoms with van der Waals surface area (Å²) in [5.74, 6) is 0.655. The van der Waals surface area contributed by atoms with Gasteiger partial charge in [0, 0.05) is 6.04 Å². The SMILES string of the molecule is CCCCC(C)NCCC(C)c1ccccc1. The number of benzene rings is 1. The van der Waals surface area contributed by atoms with Crippen LogP contribution in [0.4, 0.5) is 0 Å². The lowest BCUT2D eigenvalue weighted by Crippen LogP contribution is -2.27. The monoisotopic (exact) mass is 233 g/mol. The molecule has 1 heteroatoms. The van der Waals surface area contributed by atoms with E-state index in [4.69, 9.17) is 0 Å². The lowest BCUT2D eigenvalue weighted by Gasteiger charge is -2.16. The van der Waals surface area contributed by atoms with E-state index in [9.17, 15) is 0 Å². The largest absolute Gasteiger partial charge is 0.314 e. The van der Waals surface area contributed by atoms with Crippen LogP contribution in [0.25, 0.3) is 0 Å². The highest BCUT2D eigenvalue weighted by molar-refractivity contribution is 5.18. The summed E-state index contributed by atoms with van der Waals surface area (Å²) >= 11 is 0. The Morgan fingerprint density at radius 1 is 1.06 bits per heavy atom. The van der Waals surface area contributed by atoms with E-state index in [1.807, 2.05) is 0 Å². The van der Waals surface area contributed by atoms with Gasteiger partial charge in [-0.2, -0.15) is 0 Å². The Balaban J connectivity index is 2.18. The second kappa shape index (κ2) is 8.30. The number of hydrogen-bond acceptors (Lipinski definition) is 1. The lowest BCUT2D eigenvalue weighted by atomic mass is 9.98. The third-order valence-corrected chi connectivity index (χ3v) is 3.43. The van der Waals surface area contributed by atoms with Crippen LogP contribution in [-0.2, 0) is 0 Å². The third-order valence-electron chi connectivity index (χ3n) is 3.43. The molecule has 0 bridgehead atoms. The highest BCUT2D eigenvalue weighted by atomic mass is 14.9. The summed E-state index contributed by atoms with van der Waals surface area (Å²) in [5.41, 5.74) is 1.45. The van der Waals surface area contributed by atoms with Crippen LogP contribution in [-0.4, -0.2) is 12.6 Å². The maximum atomic E-state index is 3.62. The molecule has 0 fully saturated rings. The Morgan fingerprint density at radius 2 is 1.76 bits per heavy atom. The predicted octanol–water partition coefficient (Wildman–Crippen LogP) is 4.35. The van der Waals surface area contributed by atoms with Crippen molar-refractivity contribution in [2.45, 2.75) is 58.4 Å². The highest BCUT2D eigenvalue weighted by Gasteiger charge is 2.05. The summed E-state index contributed by atoms with van der Waals surface area (Å²) in [6, 6.07) is 11.5. The average molecular weight is 233 g/mol. The van der Waals surface area contributed by atoms with E-state index < -0.39 is 0 Å². The van der Waals surface area contributed by atoms with Crippen LogP contribution < -0.4 is 5.32 Å². The van der Waals surface area contributed by atoms with Gasteiger partial charge in [-0.15, -0.1) is 0 Å². The van der Waals surface area contributed by atoms with Crippen molar-refractivity contribution < 1.29 is 0 Å². The second-order valence-corrected chi connectivity index (χ2v) is 5.10. The molecule has 0 aliphatic rings. The maximum absolute atomic E-state index is 3.62. The first-order valence-electron chi connectivity index (χ1n) is 7.02. The summed E-state index contributed by atoms with van der Waals surface area (Å²) in [7, 11) is 0. The molecule has 1 N–H and O–H groups in total. The van der Waals surface area contributed by atoms with Gasteiger partial charge in [-0.05, 0) is 37.8 Å². The molecule has 96 valence electrons. The molecule has 0 radical (unpaired) electrons. The van der Waals surface area contributed by atoms with Crippen LogP contribution in [0.1, 0.15) is 57.9 Å². The molecule has 17 heavy (non-hydrogen) atoms. The Kier molecular flexibility index (Phi) is 6.95. The quantitative estimate of drug-likeness (QED) is 0.704. The van der Waals surface area contributed by atoms with Crippen molar-refractivity contribution in [3.63, 3.8) is 0 Å². The molecule has 0 amide bonds. The molecule has 0 aromatic heterocycles. The van der Waals surface area contributed by atoms with E-state index in [-0.39, 0.29) is 0 Å². The van der Waals surface area contributed by atoms with Crippen molar-refractivity contribution in [1.82, 2.24) is 5.32 Å². The van der Waals surface area contributed by atoms with Crippen molar-refractivity contribution in [3.8, 4) is 0 Å². The van der Waals surface area contributed by atoms with Crippen LogP contribution in [0.3, 0.4) is 0 Å². The van der Waals surface area contributed by atoms with Crippen LogP contribution in [0.5, 0.6) is 0 Å². The van der Waals surface area contributed by atoms with E-state index in [0.29, 0.717) is 12.0 Å². The fourth-order valence-electron chi connectivity index (χ4n) is 2.11. The number of hydrogen-bond donors (Lipinski definition) is 1. The van der Waals surface area contributed by atoms with Gasteiger partial charge in [0.15, 0.2) is 0 Å². The van der Waals surface area contributed by atoms with Gasteiger partial charge in [0.05, 0.1) is 0 Å². The van der Waals surface area contributed by atoms with Crippen molar-refractivity contribution >= 4 is 0 Å². The molecule has 1 aromatic rings. The Hall–Kier alpha value is -0.820. The summed E-state index contributed by atoms with van der Waals surface area (Å²) < 4.78 is 0. The summed E-state index contributed by atoms with van der Waals surface area (Å²) in [6.45, 7) is 7.99. The highest BCUT2D eigenvalue weighted by Crippen LogP contribution is 2.17. The van der Waals surface area contributed by atoms with Crippen molar-refractivity contribution in [3.05, 3.63) is 35.9 Å². The van der Waals surface area contributed by atoms with E-state index in [1.165, 1.54) is 31.2 Å².